The molecule has 1 aliphatic heterocycles. The van der Waals surface area contributed by atoms with E-state index in [-0.39, 0.29) is 12.5 Å². The van der Waals surface area contributed by atoms with Crippen LogP contribution >= 0.6 is 0 Å². The number of amides is 4. The predicted molar refractivity (Wildman–Crippen MR) is 121 cm³/mol. The zero-order valence-corrected chi connectivity index (χ0v) is 18.6. The van der Waals surface area contributed by atoms with Crippen LogP contribution in [-0.2, 0) is 15.1 Å². The molecule has 0 spiro atoms. The van der Waals surface area contributed by atoms with Gasteiger partial charge < -0.3 is 15.5 Å². The fourth-order valence-corrected chi connectivity index (χ4v) is 3.82. The Morgan fingerprint density at radius 1 is 1.10 bits per heavy atom. The second kappa shape index (κ2) is 9.20. The molecule has 0 aliphatic carbocycles. The van der Waals surface area contributed by atoms with E-state index in [1.165, 1.54) is 5.56 Å². The number of carbonyl (C=O) groups excluding carboxylic acids is 3. The molecule has 7 heteroatoms. The summed E-state index contributed by atoms with van der Waals surface area (Å²) in [4.78, 5) is 41.0. The van der Waals surface area contributed by atoms with Crippen LogP contribution in [0.3, 0.4) is 0 Å². The second-order valence-electron chi connectivity index (χ2n) is 8.03. The SMILES string of the molecule is CCN(CCNC(=O)CN1C(=O)NC(C)(c2ccc(C)cc2)C1=O)c1ccccc1C. The third kappa shape index (κ3) is 4.71. The number of nitrogens with one attached hydrogen (secondary N) is 2. The van der Waals surface area contributed by atoms with E-state index in [0.29, 0.717) is 18.7 Å². The summed E-state index contributed by atoms with van der Waals surface area (Å²) in [7, 11) is 0. The third-order valence-electron chi connectivity index (χ3n) is 5.75. The highest BCUT2D eigenvalue weighted by Gasteiger charge is 2.49. The van der Waals surface area contributed by atoms with E-state index in [1.807, 2.05) is 43.3 Å². The molecular formula is C24H30N4O3. The lowest BCUT2D eigenvalue weighted by atomic mass is 9.91. The number of carbonyl (C=O) groups is 3. The zero-order valence-electron chi connectivity index (χ0n) is 18.6. The van der Waals surface area contributed by atoms with Crippen LogP contribution in [-0.4, -0.2) is 48.9 Å². The summed E-state index contributed by atoms with van der Waals surface area (Å²) in [6.45, 7) is 9.29. The summed E-state index contributed by atoms with van der Waals surface area (Å²) < 4.78 is 0. The topological polar surface area (TPSA) is 81.8 Å². The average Bonchev–Trinajstić information content (AvgIpc) is 2.96. The van der Waals surface area contributed by atoms with Gasteiger partial charge in [0.1, 0.15) is 12.1 Å². The molecule has 0 radical (unpaired) electrons. The van der Waals surface area contributed by atoms with Crippen LogP contribution in [0.4, 0.5) is 10.5 Å². The van der Waals surface area contributed by atoms with Crippen LogP contribution in [0.2, 0.25) is 0 Å². The minimum Gasteiger partial charge on any atom is -0.370 e. The molecule has 2 aromatic carbocycles. The van der Waals surface area contributed by atoms with Gasteiger partial charge in [-0.1, -0.05) is 48.0 Å². The summed E-state index contributed by atoms with van der Waals surface area (Å²) in [5.41, 5.74) is 2.88. The molecule has 0 aromatic heterocycles. The van der Waals surface area contributed by atoms with Crippen molar-refractivity contribution in [3.8, 4) is 0 Å². The number of hydrogen-bond donors (Lipinski definition) is 2. The van der Waals surface area contributed by atoms with E-state index >= 15 is 0 Å². The van der Waals surface area contributed by atoms with Gasteiger partial charge in [-0.2, -0.15) is 0 Å². The Kier molecular flexibility index (Phi) is 6.63. The molecule has 0 saturated carbocycles. The number of imide groups is 1. The van der Waals surface area contributed by atoms with Gasteiger partial charge in [0.25, 0.3) is 5.91 Å². The van der Waals surface area contributed by atoms with Crippen LogP contribution in [0, 0.1) is 13.8 Å². The number of likely N-dealkylation sites (N-methyl/N-ethyl adjacent to an activating group) is 1. The Bertz CT molecular complexity index is 973. The van der Waals surface area contributed by atoms with E-state index in [4.69, 9.17) is 0 Å². The van der Waals surface area contributed by atoms with Gasteiger partial charge >= 0.3 is 6.03 Å². The molecule has 1 aliphatic rings. The highest BCUT2D eigenvalue weighted by molar-refractivity contribution is 6.09. The van der Waals surface area contributed by atoms with Crippen molar-refractivity contribution in [2.24, 2.45) is 0 Å². The maximum atomic E-state index is 13.0. The standard InChI is InChI=1S/C24H30N4O3/c1-5-27(20-9-7-6-8-18(20)3)15-14-25-21(29)16-28-22(30)24(4,26-23(28)31)19-12-10-17(2)11-13-19/h6-13H,5,14-16H2,1-4H3,(H,25,29)(H,26,31). The fourth-order valence-electron chi connectivity index (χ4n) is 3.82. The summed E-state index contributed by atoms with van der Waals surface area (Å²) >= 11 is 0. The Balaban J connectivity index is 1.58. The molecule has 1 unspecified atom stereocenters. The van der Waals surface area contributed by atoms with Crippen LogP contribution in [0.25, 0.3) is 0 Å². The molecule has 1 atom stereocenters. The number of benzene rings is 2. The molecule has 2 N–H and O–H groups in total. The summed E-state index contributed by atoms with van der Waals surface area (Å²) in [5, 5.41) is 5.56. The van der Waals surface area contributed by atoms with Gasteiger partial charge in [-0.15, -0.1) is 0 Å². The van der Waals surface area contributed by atoms with Gasteiger partial charge in [-0.05, 0) is 44.9 Å². The van der Waals surface area contributed by atoms with Gasteiger partial charge in [0.05, 0.1) is 0 Å². The fraction of sp³-hybridized carbons (Fsp3) is 0.375. The number of aryl methyl sites for hydroxylation is 2. The minimum atomic E-state index is -1.17. The monoisotopic (exact) mass is 422 g/mol. The molecular weight excluding hydrogens is 392 g/mol. The minimum absolute atomic E-state index is 0.303. The lowest BCUT2D eigenvalue weighted by Crippen LogP contribution is -2.44. The first-order valence-corrected chi connectivity index (χ1v) is 10.5. The number of hydrogen-bond acceptors (Lipinski definition) is 4. The first-order valence-electron chi connectivity index (χ1n) is 10.5. The van der Waals surface area contributed by atoms with Crippen molar-refractivity contribution >= 4 is 23.5 Å². The molecule has 4 amide bonds. The van der Waals surface area contributed by atoms with Gasteiger partial charge in [0.2, 0.25) is 5.91 Å². The van der Waals surface area contributed by atoms with Gasteiger partial charge in [-0.3, -0.25) is 14.5 Å². The Morgan fingerprint density at radius 3 is 2.42 bits per heavy atom. The molecule has 3 rings (SSSR count). The predicted octanol–water partition coefficient (Wildman–Crippen LogP) is 2.71. The average molecular weight is 423 g/mol. The number of para-hydroxylation sites is 1. The van der Waals surface area contributed by atoms with E-state index < -0.39 is 17.5 Å². The smallest absolute Gasteiger partial charge is 0.325 e. The molecule has 31 heavy (non-hydrogen) atoms. The second-order valence-corrected chi connectivity index (χ2v) is 8.03. The number of anilines is 1. The maximum absolute atomic E-state index is 13.0. The highest BCUT2D eigenvalue weighted by Crippen LogP contribution is 2.28. The first-order chi connectivity index (χ1) is 14.8. The molecule has 1 fully saturated rings. The maximum Gasteiger partial charge on any atom is 0.325 e. The Hall–Kier alpha value is -3.35. The van der Waals surface area contributed by atoms with Crippen molar-refractivity contribution in [3.63, 3.8) is 0 Å². The lowest BCUT2D eigenvalue weighted by molar-refractivity contribution is -0.134. The largest absolute Gasteiger partial charge is 0.370 e. The quantitative estimate of drug-likeness (QED) is 0.641. The number of rotatable bonds is 8. The van der Waals surface area contributed by atoms with Crippen molar-refractivity contribution in [2.75, 3.05) is 31.1 Å². The summed E-state index contributed by atoms with van der Waals surface area (Å²) in [5.74, 6) is -0.788. The van der Waals surface area contributed by atoms with Crippen molar-refractivity contribution in [2.45, 2.75) is 33.2 Å². The molecule has 2 aromatic rings. The molecule has 1 heterocycles. The normalized spacial score (nSPS) is 18.1. The van der Waals surface area contributed by atoms with Crippen molar-refractivity contribution in [1.29, 1.82) is 0 Å². The van der Waals surface area contributed by atoms with Crippen LogP contribution in [0.5, 0.6) is 0 Å². The third-order valence-corrected chi connectivity index (χ3v) is 5.75. The molecule has 0 bridgehead atoms. The molecule has 164 valence electrons. The van der Waals surface area contributed by atoms with Gasteiger partial charge in [0, 0.05) is 25.3 Å². The zero-order chi connectivity index (χ0) is 22.6. The van der Waals surface area contributed by atoms with Crippen molar-refractivity contribution in [3.05, 3.63) is 65.2 Å². The van der Waals surface area contributed by atoms with Crippen LogP contribution < -0.4 is 15.5 Å². The van der Waals surface area contributed by atoms with E-state index in [1.54, 1.807) is 6.92 Å². The lowest BCUT2D eigenvalue weighted by Gasteiger charge is -2.25. The van der Waals surface area contributed by atoms with E-state index in [9.17, 15) is 14.4 Å². The van der Waals surface area contributed by atoms with Crippen molar-refractivity contribution in [1.82, 2.24) is 15.5 Å². The number of urea groups is 1. The van der Waals surface area contributed by atoms with Crippen LogP contribution in [0.15, 0.2) is 48.5 Å². The molecule has 1 saturated heterocycles. The molecule has 7 nitrogen and oxygen atoms in total. The van der Waals surface area contributed by atoms with Crippen molar-refractivity contribution < 1.29 is 14.4 Å². The highest BCUT2D eigenvalue weighted by atomic mass is 16.2. The van der Waals surface area contributed by atoms with E-state index in [2.05, 4.69) is 41.5 Å². The Labute approximate surface area is 183 Å². The van der Waals surface area contributed by atoms with Crippen LogP contribution in [0.1, 0.15) is 30.5 Å². The van der Waals surface area contributed by atoms with Gasteiger partial charge in [-0.25, -0.2) is 4.79 Å². The Morgan fingerprint density at radius 2 is 1.77 bits per heavy atom. The number of nitrogens with zero attached hydrogens (tertiary/aromatic N) is 2. The first kappa shape index (κ1) is 22.3. The summed E-state index contributed by atoms with van der Waals surface area (Å²) in [6.07, 6.45) is 0. The van der Waals surface area contributed by atoms with E-state index in [0.717, 1.165) is 22.7 Å². The van der Waals surface area contributed by atoms with Gasteiger partial charge in [0.15, 0.2) is 0 Å². The summed E-state index contributed by atoms with van der Waals surface area (Å²) in [6, 6.07) is 15.0.